The van der Waals surface area contributed by atoms with Crippen LogP contribution in [0.3, 0.4) is 0 Å². The number of nitrogens with one attached hydrogen (secondary N) is 1. The Kier molecular flexibility index (Phi) is 8.15. The van der Waals surface area contributed by atoms with E-state index in [0.717, 1.165) is 35.4 Å². The normalized spacial score (nSPS) is 15.7. The fourth-order valence-corrected chi connectivity index (χ4v) is 4.76. The van der Waals surface area contributed by atoms with Crippen LogP contribution in [0, 0.1) is 0 Å². The molecule has 1 aliphatic rings. The van der Waals surface area contributed by atoms with Crippen LogP contribution in [0.25, 0.3) is 0 Å². The molecule has 3 rings (SSSR count). The van der Waals surface area contributed by atoms with Crippen molar-refractivity contribution >= 4 is 21.6 Å². The van der Waals surface area contributed by atoms with Crippen molar-refractivity contribution in [2.75, 3.05) is 43.5 Å². The molecule has 1 N–H and O–H groups in total. The summed E-state index contributed by atoms with van der Waals surface area (Å²) in [6.07, 6.45) is 3.58. The highest BCUT2D eigenvalue weighted by Gasteiger charge is 2.35. The Labute approximate surface area is 190 Å². The second kappa shape index (κ2) is 10.8. The molecule has 2 aromatic carbocycles. The zero-order chi connectivity index (χ0) is 23.0. The van der Waals surface area contributed by atoms with Gasteiger partial charge in [0, 0.05) is 25.2 Å². The summed E-state index contributed by atoms with van der Waals surface area (Å²) in [5.41, 5.74) is 1.37. The number of ether oxygens (including phenoxy) is 2. The Morgan fingerprint density at radius 2 is 1.75 bits per heavy atom. The number of hydrogen-bond acceptors (Lipinski definition) is 5. The first-order valence-electron chi connectivity index (χ1n) is 10.9. The lowest BCUT2D eigenvalue weighted by Crippen LogP contribution is -2.47. The smallest absolute Gasteiger partial charge is 0.240 e. The molecule has 7 nitrogen and oxygen atoms in total. The van der Waals surface area contributed by atoms with Gasteiger partial charge in [0.15, 0.2) is 0 Å². The van der Waals surface area contributed by atoms with Gasteiger partial charge in [-0.05, 0) is 49.1 Å². The van der Waals surface area contributed by atoms with E-state index in [9.17, 15) is 13.2 Å². The number of nitrogens with zero attached hydrogens (tertiary/aromatic N) is 1. The summed E-state index contributed by atoms with van der Waals surface area (Å²) in [5, 5.41) is 2.98. The van der Waals surface area contributed by atoms with Crippen LogP contribution in [0.15, 0.2) is 54.6 Å². The summed E-state index contributed by atoms with van der Waals surface area (Å²) in [7, 11) is -3.64. The van der Waals surface area contributed by atoms with Crippen LogP contribution < -0.4 is 14.4 Å². The quantitative estimate of drug-likeness (QED) is 0.589. The lowest BCUT2D eigenvalue weighted by atomic mass is 9.74. The molecule has 0 aliphatic carbocycles. The Morgan fingerprint density at radius 3 is 2.34 bits per heavy atom. The first kappa shape index (κ1) is 24.1. The Balaban J connectivity index is 1.70. The van der Waals surface area contributed by atoms with E-state index in [0.29, 0.717) is 37.8 Å². The number of benzene rings is 2. The monoisotopic (exact) mass is 460 g/mol. The lowest BCUT2D eigenvalue weighted by molar-refractivity contribution is -0.120. The van der Waals surface area contributed by atoms with Gasteiger partial charge < -0.3 is 14.8 Å². The number of sulfonamides is 1. The molecule has 0 unspecified atom stereocenters. The van der Waals surface area contributed by atoms with E-state index >= 15 is 0 Å². The van der Waals surface area contributed by atoms with Gasteiger partial charge in [-0.1, -0.05) is 37.3 Å². The van der Waals surface area contributed by atoms with Crippen LogP contribution in [-0.4, -0.2) is 53.5 Å². The SMILES string of the molecule is CCCOc1ccc(N(CC(=O)NCC2(c3ccccc3)CCOCC2)S(C)(=O)=O)cc1. The Hall–Kier alpha value is -2.58. The maximum absolute atomic E-state index is 12.8. The molecule has 0 spiro atoms. The molecule has 0 atom stereocenters. The fourth-order valence-electron chi connectivity index (χ4n) is 3.90. The van der Waals surface area contributed by atoms with Crippen LogP contribution in [0.5, 0.6) is 5.75 Å². The van der Waals surface area contributed by atoms with Gasteiger partial charge in [0.2, 0.25) is 15.9 Å². The third-order valence-corrected chi connectivity index (χ3v) is 6.89. The van der Waals surface area contributed by atoms with Crippen molar-refractivity contribution in [3.05, 3.63) is 60.2 Å². The molecule has 1 saturated heterocycles. The van der Waals surface area contributed by atoms with Crippen molar-refractivity contribution in [1.29, 1.82) is 0 Å². The van der Waals surface area contributed by atoms with Crippen molar-refractivity contribution in [3.63, 3.8) is 0 Å². The second-order valence-corrected chi connectivity index (χ2v) is 10.1. The van der Waals surface area contributed by atoms with E-state index in [1.54, 1.807) is 24.3 Å². The summed E-state index contributed by atoms with van der Waals surface area (Å²) in [4.78, 5) is 12.8. The number of amides is 1. The van der Waals surface area contributed by atoms with Crippen LogP contribution in [0.4, 0.5) is 5.69 Å². The van der Waals surface area contributed by atoms with Gasteiger partial charge in [-0.3, -0.25) is 9.10 Å². The van der Waals surface area contributed by atoms with Gasteiger partial charge in [0.25, 0.3) is 0 Å². The number of carbonyl (C=O) groups is 1. The van der Waals surface area contributed by atoms with Crippen molar-refractivity contribution in [3.8, 4) is 5.75 Å². The standard InChI is InChI=1S/C24H32N2O5S/c1-3-15-31-22-11-9-21(10-12-22)26(32(2,28)29)18-23(27)25-19-24(13-16-30-17-14-24)20-7-5-4-6-8-20/h4-12H,3,13-19H2,1-2H3,(H,25,27). The third kappa shape index (κ3) is 6.23. The number of hydrogen-bond donors (Lipinski definition) is 1. The van der Waals surface area contributed by atoms with Gasteiger partial charge in [0.1, 0.15) is 12.3 Å². The molecule has 8 heteroatoms. The molecule has 32 heavy (non-hydrogen) atoms. The highest BCUT2D eigenvalue weighted by atomic mass is 32.2. The maximum Gasteiger partial charge on any atom is 0.240 e. The highest BCUT2D eigenvalue weighted by molar-refractivity contribution is 7.92. The van der Waals surface area contributed by atoms with Gasteiger partial charge in [-0.25, -0.2) is 8.42 Å². The average Bonchev–Trinajstić information content (AvgIpc) is 2.81. The average molecular weight is 461 g/mol. The minimum atomic E-state index is -3.64. The van der Waals surface area contributed by atoms with E-state index < -0.39 is 10.0 Å². The molecular formula is C24H32N2O5S. The predicted octanol–water partition coefficient (Wildman–Crippen LogP) is 3.11. The molecule has 0 bridgehead atoms. The van der Waals surface area contributed by atoms with Crippen molar-refractivity contribution in [1.82, 2.24) is 5.32 Å². The summed E-state index contributed by atoms with van der Waals surface area (Å²) >= 11 is 0. The first-order valence-corrected chi connectivity index (χ1v) is 12.8. The van der Waals surface area contributed by atoms with Crippen LogP contribution in [0.2, 0.25) is 0 Å². The molecule has 2 aromatic rings. The van der Waals surface area contributed by atoms with Crippen LogP contribution in [0.1, 0.15) is 31.7 Å². The molecule has 0 aromatic heterocycles. The van der Waals surface area contributed by atoms with Gasteiger partial charge >= 0.3 is 0 Å². The molecule has 1 heterocycles. The molecule has 0 saturated carbocycles. The van der Waals surface area contributed by atoms with E-state index in [4.69, 9.17) is 9.47 Å². The largest absolute Gasteiger partial charge is 0.494 e. The molecule has 1 amide bonds. The third-order valence-electron chi connectivity index (χ3n) is 5.75. The predicted molar refractivity (Wildman–Crippen MR) is 126 cm³/mol. The zero-order valence-electron chi connectivity index (χ0n) is 18.7. The number of rotatable bonds is 10. The highest BCUT2D eigenvalue weighted by Crippen LogP contribution is 2.34. The second-order valence-electron chi connectivity index (χ2n) is 8.15. The maximum atomic E-state index is 12.8. The van der Waals surface area contributed by atoms with E-state index in [-0.39, 0.29) is 17.9 Å². The fraction of sp³-hybridized carbons (Fsp3) is 0.458. The van der Waals surface area contributed by atoms with E-state index in [1.165, 1.54) is 0 Å². The van der Waals surface area contributed by atoms with Crippen molar-refractivity contribution < 1.29 is 22.7 Å². The molecule has 174 valence electrons. The molecule has 1 fully saturated rings. The Bertz CT molecular complexity index is 971. The summed E-state index contributed by atoms with van der Waals surface area (Å²) in [5.74, 6) is 0.321. The van der Waals surface area contributed by atoms with E-state index in [2.05, 4.69) is 17.4 Å². The summed E-state index contributed by atoms with van der Waals surface area (Å²) < 4.78 is 37.0. The van der Waals surface area contributed by atoms with Gasteiger partial charge in [-0.2, -0.15) is 0 Å². The number of carbonyl (C=O) groups excluding carboxylic acids is 1. The molecule has 0 radical (unpaired) electrons. The Morgan fingerprint density at radius 1 is 1.09 bits per heavy atom. The first-order chi connectivity index (χ1) is 15.3. The van der Waals surface area contributed by atoms with E-state index in [1.807, 2.05) is 25.1 Å². The van der Waals surface area contributed by atoms with Crippen LogP contribution in [-0.2, 0) is 25.0 Å². The summed E-state index contributed by atoms with van der Waals surface area (Å²) in [6, 6.07) is 16.8. The van der Waals surface area contributed by atoms with Crippen molar-refractivity contribution in [2.45, 2.75) is 31.6 Å². The van der Waals surface area contributed by atoms with Crippen LogP contribution >= 0.6 is 0 Å². The van der Waals surface area contributed by atoms with Gasteiger partial charge in [-0.15, -0.1) is 0 Å². The molecule has 1 aliphatic heterocycles. The zero-order valence-corrected chi connectivity index (χ0v) is 19.6. The molecular weight excluding hydrogens is 428 g/mol. The van der Waals surface area contributed by atoms with Gasteiger partial charge in [0.05, 0.1) is 18.6 Å². The topological polar surface area (TPSA) is 84.9 Å². The van der Waals surface area contributed by atoms with Crippen molar-refractivity contribution in [2.24, 2.45) is 0 Å². The summed E-state index contributed by atoms with van der Waals surface area (Å²) in [6.45, 7) is 4.02. The minimum Gasteiger partial charge on any atom is -0.494 e. The lowest BCUT2D eigenvalue weighted by Gasteiger charge is -2.38. The number of anilines is 1. The minimum absolute atomic E-state index is 0.219.